The molecule has 0 aliphatic carbocycles. The molecule has 0 bridgehead atoms. The van der Waals surface area contributed by atoms with E-state index in [1.807, 2.05) is 25.6 Å². The van der Waals surface area contributed by atoms with Gasteiger partial charge < -0.3 is 10.3 Å². The van der Waals surface area contributed by atoms with Crippen LogP contribution in [0.1, 0.15) is 35.6 Å². The van der Waals surface area contributed by atoms with Gasteiger partial charge in [-0.1, -0.05) is 0 Å². The third-order valence-corrected chi connectivity index (χ3v) is 4.67. The Labute approximate surface area is 151 Å². The first kappa shape index (κ1) is 18.1. The number of rotatable bonds is 7. The van der Waals surface area contributed by atoms with E-state index >= 15 is 0 Å². The Balaban J connectivity index is 1.42. The fourth-order valence-electron chi connectivity index (χ4n) is 3.14. The van der Waals surface area contributed by atoms with Crippen molar-refractivity contribution in [3.63, 3.8) is 0 Å². The van der Waals surface area contributed by atoms with Crippen molar-refractivity contribution in [1.82, 2.24) is 25.1 Å². The smallest absolute Gasteiger partial charge is 0.220 e. The van der Waals surface area contributed by atoms with Crippen molar-refractivity contribution in [2.45, 2.75) is 39.5 Å². The van der Waals surface area contributed by atoms with Crippen molar-refractivity contribution < 1.29 is 9.18 Å². The van der Waals surface area contributed by atoms with Crippen molar-refractivity contribution >= 4 is 16.9 Å². The molecule has 0 saturated carbocycles. The highest BCUT2D eigenvalue weighted by molar-refractivity contribution is 5.76. The van der Waals surface area contributed by atoms with E-state index in [-0.39, 0.29) is 11.7 Å². The van der Waals surface area contributed by atoms with Crippen molar-refractivity contribution in [1.29, 1.82) is 0 Å². The molecule has 0 saturated heterocycles. The number of carbonyl (C=O) groups excluding carboxylic acids is 1. The number of hydrogen-bond donors (Lipinski definition) is 2. The number of halogens is 1. The lowest BCUT2D eigenvalue weighted by Crippen LogP contribution is -2.25. The first-order chi connectivity index (χ1) is 12.4. The zero-order chi connectivity index (χ0) is 18.7. The number of carbonyl (C=O) groups is 1. The molecular weight excluding hydrogens is 333 g/mol. The minimum atomic E-state index is -0.279. The van der Waals surface area contributed by atoms with Crippen LogP contribution in [0.2, 0.25) is 0 Å². The molecule has 0 unspecified atom stereocenters. The molecule has 3 aromatic rings. The van der Waals surface area contributed by atoms with Crippen molar-refractivity contribution in [3.05, 3.63) is 46.8 Å². The topological polar surface area (TPSA) is 75.6 Å². The maximum atomic E-state index is 13.2. The van der Waals surface area contributed by atoms with Crippen LogP contribution in [0.3, 0.4) is 0 Å². The van der Waals surface area contributed by atoms with Gasteiger partial charge in [-0.15, -0.1) is 0 Å². The van der Waals surface area contributed by atoms with E-state index < -0.39 is 0 Å². The Morgan fingerprint density at radius 2 is 2.12 bits per heavy atom. The monoisotopic (exact) mass is 357 g/mol. The van der Waals surface area contributed by atoms with Crippen LogP contribution in [0.25, 0.3) is 11.0 Å². The highest BCUT2D eigenvalue weighted by Crippen LogP contribution is 2.15. The Hall–Kier alpha value is -2.70. The number of nitrogens with one attached hydrogen (secondary N) is 2. The number of imidazole rings is 1. The van der Waals surface area contributed by atoms with Gasteiger partial charge in [0.15, 0.2) is 0 Å². The molecule has 1 amide bonds. The summed E-state index contributed by atoms with van der Waals surface area (Å²) in [6.45, 7) is 4.58. The molecule has 0 radical (unpaired) electrons. The van der Waals surface area contributed by atoms with E-state index in [1.54, 1.807) is 6.07 Å². The first-order valence-electron chi connectivity index (χ1n) is 8.84. The summed E-state index contributed by atoms with van der Waals surface area (Å²) in [5.41, 5.74) is 4.70. The average molecular weight is 357 g/mol. The summed E-state index contributed by atoms with van der Waals surface area (Å²) in [4.78, 5) is 19.6. The molecule has 2 N–H and O–H groups in total. The second-order valence-corrected chi connectivity index (χ2v) is 6.57. The summed E-state index contributed by atoms with van der Waals surface area (Å²) in [7, 11) is 1.92. The third kappa shape index (κ3) is 4.09. The Kier molecular flexibility index (Phi) is 5.35. The molecular formula is C19H24FN5O. The standard InChI is InChI=1S/C19H24FN5O/c1-12-15(13(2)25(3)24-12)7-9-19(26)21-10-4-5-18-22-16-8-6-14(20)11-17(16)23-18/h6,8,11H,4-5,7,9-10H2,1-3H3,(H,21,26)(H,22,23). The number of aromatic nitrogens is 4. The lowest BCUT2D eigenvalue weighted by atomic mass is 10.1. The number of amides is 1. The molecule has 7 heteroatoms. The molecule has 138 valence electrons. The van der Waals surface area contributed by atoms with Crippen molar-refractivity contribution in [2.75, 3.05) is 6.54 Å². The molecule has 2 aromatic heterocycles. The van der Waals surface area contributed by atoms with E-state index in [4.69, 9.17) is 0 Å². The molecule has 3 rings (SSSR count). The summed E-state index contributed by atoms with van der Waals surface area (Å²) in [6, 6.07) is 4.50. The third-order valence-electron chi connectivity index (χ3n) is 4.67. The van der Waals surface area contributed by atoms with E-state index in [2.05, 4.69) is 20.4 Å². The van der Waals surface area contributed by atoms with E-state index in [9.17, 15) is 9.18 Å². The van der Waals surface area contributed by atoms with Gasteiger partial charge in [-0.05, 0) is 50.5 Å². The SMILES string of the molecule is Cc1nn(C)c(C)c1CCC(=O)NCCCc1nc2ccc(F)cc2[nH]1. The van der Waals surface area contributed by atoms with Gasteiger partial charge in [0.1, 0.15) is 11.6 Å². The average Bonchev–Trinajstić information content (AvgIpc) is 3.10. The summed E-state index contributed by atoms with van der Waals surface area (Å²) in [6.07, 6.45) is 2.64. The molecule has 0 fully saturated rings. The lowest BCUT2D eigenvalue weighted by Gasteiger charge is -2.05. The maximum absolute atomic E-state index is 13.2. The normalized spacial score (nSPS) is 11.2. The van der Waals surface area contributed by atoms with E-state index in [1.165, 1.54) is 12.1 Å². The predicted octanol–water partition coefficient (Wildman–Crippen LogP) is 2.73. The summed E-state index contributed by atoms with van der Waals surface area (Å²) < 4.78 is 15.0. The second kappa shape index (κ2) is 7.68. The van der Waals surface area contributed by atoms with Gasteiger partial charge in [0.05, 0.1) is 16.7 Å². The highest BCUT2D eigenvalue weighted by Gasteiger charge is 2.11. The van der Waals surface area contributed by atoms with Gasteiger partial charge in [-0.3, -0.25) is 9.48 Å². The Bertz CT molecular complexity index is 928. The summed E-state index contributed by atoms with van der Waals surface area (Å²) in [5.74, 6) is 0.569. The summed E-state index contributed by atoms with van der Waals surface area (Å²) in [5, 5.41) is 7.32. The molecule has 0 aliphatic rings. The highest BCUT2D eigenvalue weighted by atomic mass is 19.1. The fourth-order valence-corrected chi connectivity index (χ4v) is 3.14. The molecule has 0 spiro atoms. The van der Waals surface area contributed by atoms with Crippen LogP contribution in [0, 0.1) is 19.7 Å². The predicted molar refractivity (Wildman–Crippen MR) is 98.4 cm³/mol. The van der Waals surface area contributed by atoms with Crippen molar-refractivity contribution in [2.24, 2.45) is 7.05 Å². The van der Waals surface area contributed by atoms with Gasteiger partial charge in [-0.25, -0.2) is 9.37 Å². The van der Waals surface area contributed by atoms with E-state index in [0.29, 0.717) is 31.3 Å². The van der Waals surface area contributed by atoms with Crippen LogP contribution >= 0.6 is 0 Å². The van der Waals surface area contributed by atoms with Gasteiger partial charge in [0.25, 0.3) is 0 Å². The number of nitrogens with zero attached hydrogens (tertiary/aromatic N) is 3. The number of benzene rings is 1. The zero-order valence-corrected chi connectivity index (χ0v) is 15.4. The lowest BCUT2D eigenvalue weighted by molar-refractivity contribution is -0.121. The van der Waals surface area contributed by atoms with Crippen LogP contribution in [-0.2, 0) is 24.7 Å². The van der Waals surface area contributed by atoms with Gasteiger partial charge in [-0.2, -0.15) is 5.10 Å². The second-order valence-electron chi connectivity index (χ2n) is 6.57. The molecule has 26 heavy (non-hydrogen) atoms. The number of aromatic amines is 1. The Morgan fingerprint density at radius 1 is 1.31 bits per heavy atom. The molecule has 0 aliphatic heterocycles. The summed E-state index contributed by atoms with van der Waals surface area (Å²) >= 11 is 0. The zero-order valence-electron chi connectivity index (χ0n) is 15.4. The first-order valence-corrected chi connectivity index (χ1v) is 8.84. The van der Waals surface area contributed by atoms with Crippen molar-refractivity contribution in [3.8, 4) is 0 Å². The van der Waals surface area contributed by atoms with Gasteiger partial charge >= 0.3 is 0 Å². The number of H-pyrrole nitrogens is 1. The van der Waals surface area contributed by atoms with Gasteiger partial charge in [0, 0.05) is 32.1 Å². The number of aryl methyl sites for hydroxylation is 3. The van der Waals surface area contributed by atoms with Crippen LogP contribution in [0.15, 0.2) is 18.2 Å². The molecule has 1 aromatic carbocycles. The molecule has 6 nitrogen and oxygen atoms in total. The van der Waals surface area contributed by atoms with E-state index in [0.717, 1.165) is 34.7 Å². The number of hydrogen-bond acceptors (Lipinski definition) is 3. The number of fused-ring (bicyclic) bond motifs is 1. The quantitative estimate of drug-likeness (QED) is 0.639. The Morgan fingerprint density at radius 3 is 2.85 bits per heavy atom. The molecule has 2 heterocycles. The molecule has 0 atom stereocenters. The van der Waals surface area contributed by atoms with Crippen LogP contribution in [-0.4, -0.2) is 32.2 Å². The maximum Gasteiger partial charge on any atom is 0.220 e. The fraction of sp³-hybridized carbons (Fsp3) is 0.421. The largest absolute Gasteiger partial charge is 0.356 e. The minimum absolute atomic E-state index is 0.0410. The van der Waals surface area contributed by atoms with Crippen LogP contribution < -0.4 is 5.32 Å². The minimum Gasteiger partial charge on any atom is -0.356 e. The van der Waals surface area contributed by atoms with Crippen LogP contribution in [0.4, 0.5) is 4.39 Å². The van der Waals surface area contributed by atoms with Gasteiger partial charge in [0.2, 0.25) is 5.91 Å². The van der Waals surface area contributed by atoms with Crippen LogP contribution in [0.5, 0.6) is 0 Å².